The van der Waals surface area contributed by atoms with Crippen molar-refractivity contribution < 1.29 is 9.13 Å². The van der Waals surface area contributed by atoms with Crippen LogP contribution < -0.4 is 10.1 Å². The molecule has 0 aliphatic rings. The maximum atomic E-state index is 13.1. The number of methoxy groups -OCH3 is 1. The van der Waals surface area contributed by atoms with Crippen LogP contribution in [0, 0.1) is 5.82 Å². The quantitative estimate of drug-likeness (QED) is 0.806. The number of para-hydroxylation sites is 1. The van der Waals surface area contributed by atoms with Crippen LogP contribution in [-0.2, 0) is 13.0 Å². The maximum absolute atomic E-state index is 13.1. The predicted octanol–water partition coefficient (Wildman–Crippen LogP) is 3.93. The van der Waals surface area contributed by atoms with Crippen molar-refractivity contribution in [2.24, 2.45) is 0 Å². The molecule has 0 fully saturated rings. The number of nitrogens with one attached hydrogen (secondary N) is 1. The summed E-state index contributed by atoms with van der Waals surface area (Å²) in [5, 5.41) is 3.35. The third-order valence-corrected chi connectivity index (χ3v) is 3.68. The first kappa shape index (κ1) is 15.0. The molecule has 2 aromatic rings. The Morgan fingerprint density at radius 3 is 2.75 bits per heavy atom. The summed E-state index contributed by atoms with van der Waals surface area (Å²) >= 11 is 3.19. The molecule has 0 aliphatic carbocycles. The van der Waals surface area contributed by atoms with Crippen LogP contribution >= 0.6 is 15.9 Å². The third-order valence-electron chi connectivity index (χ3n) is 3.08. The molecule has 0 bridgehead atoms. The van der Waals surface area contributed by atoms with Crippen molar-refractivity contribution >= 4 is 15.9 Å². The van der Waals surface area contributed by atoms with Gasteiger partial charge in [0.05, 0.1) is 11.6 Å². The molecular formula is C16H17BrFNO. The van der Waals surface area contributed by atoms with Crippen molar-refractivity contribution in [1.82, 2.24) is 5.32 Å². The van der Waals surface area contributed by atoms with E-state index in [0.717, 1.165) is 24.3 Å². The molecule has 0 spiro atoms. The summed E-state index contributed by atoms with van der Waals surface area (Å²) in [5.41, 5.74) is 2.24. The second-order valence-electron chi connectivity index (χ2n) is 4.49. The van der Waals surface area contributed by atoms with Gasteiger partial charge in [0.25, 0.3) is 0 Å². The fourth-order valence-electron chi connectivity index (χ4n) is 2.01. The van der Waals surface area contributed by atoms with Crippen molar-refractivity contribution in [3.63, 3.8) is 0 Å². The topological polar surface area (TPSA) is 21.3 Å². The minimum Gasteiger partial charge on any atom is -0.496 e. The van der Waals surface area contributed by atoms with E-state index < -0.39 is 0 Å². The van der Waals surface area contributed by atoms with Gasteiger partial charge in [0.2, 0.25) is 0 Å². The number of halogens is 2. The zero-order valence-corrected chi connectivity index (χ0v) is 12.9. The first-order valence-electron chi connectivity index (χ1n) is 6.47. The van der Waals surface area contributed by atoms with Gasteiger partial charge in [-0.25, -0.2) is 4.39 Å². The molecule has 4 heteroatoms. The highest BCUT2D eigenvalue weighted by Gasteiger charge is 2.02. The maximum Gasteiger partial charge on any atom is 0.137 e. The van der Waals surface area contributed by atoms with Crippen molar-refractivity contribution in [3.05, 3.63) is 63.9 Å². The Bertz CT molecular complexity index is 574. The molecule has 0 unspecified atom stereocenters. The molecule has 1 N–H and O–H groups in total. The van der Waals surface area contributed by atoms with Gasteiger partial charge in [-0.3, -0.25) is 0 Å². The Balaban J connectivity index is 1.83. The largest absolute Gasteiger partial charge is 0.496 e. The third kappa shape index (κ3) is 4.05. The van der Waals surface area contributed by atoms with Crippen LogP contribution in [0.15, 0.2) is 46.9 Å². The van der Waals surface area contributed by atoms with Crippen LogP contribution in [0.1, 0.15) is 11.1 Å². The van der Waals surface area contributed by atoms with E-state index in [1.165, 1.54) is 11.6 Å². The smallest absolute Gasteiger partial charge is 0.137 e. The lowest BCUT2D eigenvalue weighted by Gasteiger charge is -2.09. The van der Waals surface area contributed by atoms with Crippen molar-refractivity contribution in [3.8, 4) is 5.75 Å². The molecule has 0 heterocycles. The SMILES string of the molecule is COc1ccccc1CCNCc1ccc(F)c(Br)c1. The Kier molecular flexibility index (Phi) is 5.56. The first-order valence-corrected chi connectivity index (χ1v) is 7.26. The summed E-state index contributed by atoms with van der Waals surface area (Å²) in [6.07, 6.45) is 0.895. The summed E-state index contributed by atoms with van der Waals surface area (Å²) in [6, 6.07) is 13.1. The summed E-state index contributed by atoms with van der Waals surface area (Å²) < 4.78 is 18.9. The lowest BCUT2D eigenvalue weighted by Crippen LogP contribution is -2.17. The second-order valence-corrected chi connectivity index (χ2v) is 5.34. The van der Waals surface area contributed by atoms with E-state index in [1.807, 2.05) is 18.2 Å². The average molecular weight is 338 g/mol. The van der Waals surface area contributed by atoms with Crippen LogP contribution in [0.3, 0.4) is 0 Å². The monoisotopic (exact) mass is 337 g/mol. The molecule has 20 heavy (non-hydrogen) atoms. The molecule has 0 saturated carbocycles. The van der Waals surface area contributed by atoms with Crippen molar-refractivity contribution in [1.29, 1.82) is 0 Å². The summed E-state index contributed by atoms with van der Waals surface area (Å²) in [7, 11) is 1.68. The second kappa shape index (κ2) is 7.41. The van der Waals surface area contributed by atoms with Gasteiger partial charge in [0.15, 0.2) is 0 Å². The summed E-state index contributed by atoms with van der Waals surface area (Å²) in [6.45, 7) is 1.56. The van der Waals surface area contributed by atoms with Gasteiger partial charge in [0.1, 0.15) is 11.6 Å². The van der Waals surface area contributed by atoms with E-state index in [9.17, 15) is 4.39 Å². The fraction of sp³-hybridized carbons (Fsp3) is 0.250. The zero-order valence-electron chi connectivity index (χ0n) is 11.3. The van der Waals surface area contributed by atoms with Gasteiger partial charge in [-0.2, -0.15) is 0 Å². The van der Waals surface area contributed by atoms with E-state index >= 15 is 0 Å². The molecule has 0 atom stereocenters. The first-order chi connectivity index (χ1) is 9.70. The summed E-state index contributed by atoms with van der Waals surface area (Å²) in [5.74, 6) is 0.682. The van der Waals surface area contributed by atoms with Gasteiger partial charge >= 0.3 is 0 Å². The number of hydrogen-bond acceptors (Lipinski definition) is 2. The Morgan fingerprint density at radius 1 is 1.20 bits per heavy atom. The van der Waals surface area contributed by atoms with E-state index in [2.05, 4.69) is 27.3 Å². The van der Waals surface area contributed by atoms with Gasteiger partial charge < -0.3 is 10.1 Å². The van der Waals surface area contributed by atoms with Crippen LogP contribution in [0.4, 0.5) is 4.39 Å². The van der Waals surface area contributed by atoms with E-state index in [-0.39, 0.29) is 5.82 Å². The molecule has 2 nitrogen and oxygen atoms in total. The average Bonchev–Trinajstić information content (AvgIpc) is 2.47. The summed E-state index contributed by atoms with van der Waals surface area (Å²) in [4.78, 5) is 0. The van der Waals surface area contributed by atoms with Gasteiger partial charge in [-0.1, -0.05) is 24.3 Å². The van der Waals surface area contributed by atoms with Gasteiger partial charge in [-0.05, 0) is 58.2 Å². The van der Waals surface area contributed by atoms with E-state index in [1.54, 1.807) is 19.2 Å². The van der Waals surface area contributed by atoms with Crippen molar-refractivity contribution in [2.75, 3.05) is 13.7 Å². The normalized spacial score (nSPS) is 10.6. The lowest BCUT2D eigenvalue weighted by molar-refractivity contribution is 0.409. The fourth-order valence-corrected chi connectivity index (χ4v) is 2.44. The standard InChI is InChI=1S/C16H17BrFNO/c1-20-16-5-3-2-4-13(16)8-9-19-11-12-6-7-15(18)14(17)10-12/h2-7,10,19H,8-9,11H2,1H3. The van der Waals surface area contributed by atoms with Gasteiger partial charge in [0, 0.05) is 6.54 Å². The minimum absolute atomic E-state index is 0.234. The Labute approximate surface area is 127 Å². The molecule has 0 radical (unpaired) electrons. The Morgan fingerprint density at radius 2 is 2.00 bits per heavy atom. The van der Waals surface area contributed by atoms with E-state index in [0.29, 0.717) is 11.0 Å². The van der Waals surface area contributed by atoms with Gasteiger partial charge in [-0.15, -0.1) is 0 Å². The molecular weight excluding hydrogens is 321 g/mol. The highest BCUT2D eigenvalue weighted by molar-refractivity contribution is 9.10. The van der Waals surface area contributed by atoms with Crippen LogP contribution in [0.25, 0.3) is 0 Å². The van der Waals surface area contributed by atoms with Crippen LogP contribution in [-0.4, -0.2) is 13.7 Å². The Hall–Kier alpha value is -1.39. The zero-order chi connectivity index (χ0) is 14.4. The van der Waals surface area contributed by atoms with Crippen LogP contribution in [0.2, 0.25) is 0 Å². The van der Waals surface area contributed by atoms with Crippen LogP contribution in [0.5, 0.6) is 5.75 Å². The lowest BCUT2D eigenvalue weighted by atomic mass is 10.1. The minimum atomic E-state index is -0.234. The number of ether oxygens (including phenoxy) is 1. The van der Waals surface area contributed by atoms with Crippen molar-refractivity contribution in [2.45, 2.75) is 13.0 Å². The number of benzene rings is 2. The van der Waals surface area contributed by atoms with E-state index in [4.69, 9.17) is 4.74 Å². The molecule has 106 valence electrons. The molecule has 2 aromatic carbocycles. The predicted molar refractivity (Wildman–Crippen MR) is 82.5 cm³/mol. The highest BCUT2D eigenvalue weighted by Crippen LogP contribution is 2.18. The molecule has 0 aliphatic heterocycles. The molecule has 0 amide bonds. The molecule has 2 rings (SSSR count). The molecule has 0 saturated heterocycles. The highest BCUT2D eigenvalue weighted by atomic mass is 79.9. The molecule has 0 aromatic heterocycles. The number of rotatable bonds is 6. The number of hydrogen-bond donors (Lipinski definition) is 1.